The van der Waals surface area contributed by atoms with Gasteiger partial charge >= 0.3 is 0 Å². The van der Waals surface area contributed by atoms with Crippen molar-refractivity contribution in [2.45, 2.75) is 33.8 Å². The Bertz CT molecular complexity index is 65.4. The zero-order valence-corrected chi connectivity index (χ0v) is 6.06. The van der Waals surface area contributed by atoms with Crippen molar-refractivity contribution in [3.8, 4) is 0 Å². The SMILES string of the molecule is CC(ON)C(C)(C)C. The van der Waals surface area contributed by atoms with Crippen LogP contribution < -0.4 is 5.90 Å². The first-order valence-corrected chi connectivity index (χ1v) is 2.84. The molecule has 1 atom stereocenters. The van der Waals surface area contributed by atoms with Gasteiger partial charge in [0.2, 0.25) is 0 Å². The zero-order chi connectivity index (χ0) is 6.78. The maximum Gasteiger partial charge on any atom is 0.0807 e. The van der Waals surface area contributed by atoms with Crippen LogP contribution in [0, 0.1) is 5.41 Å². The Morgan fingerprint density at radius 3 is 1.75 bits per heavy atom. The standard InChI is InChI=1S/C6H15NO/c1-5(8-7)6(2,3)4/h5H,7H2,1-4H3. The lowest BCUT2D eigenvalue weighted by molar-refractivity contribution is -0.00599. The van der Waals surface area contributed by atoms with Crippen molar-refractivity contribution >= 4 is 0 Å². The molecule has 0 aromatic rings. The van der Waals surface area contributed by atoms with E-state index in [1.807, 2.05) is 6.92 Å². The van der Waals surface area contributed by atoms with E-state index >= 15 is 0 Å². The summed E-state index contributed by atoms with van der Waals surface area (Å²) >= 11 is 0. The molecular formula is C6H15NO. The molecule has 0 heterocycles. The molecule has 0 amide bonds. The van der Waals surface area contributed by atoms with E-state index in [-0.39, 0.29) is 11.5 Å². The van der Waals surface area contributed by atoms with Crippen LogP contribution in [0.3, 0.4) is 0 Å². The molecular weight excluding hydrogens is 102 g/mol. The van der Waals surface area contributed by atoms with Crippen LogP contribution in [0.1, 0.15) is 27.7 Å². The number of hydrogen-bond donors (Lipinski definition) is 1. The predicted octanol–water partition coefficient (Wildman–Crippen LogP) is 1.31. The highest BCUT2D eigenvalue weighted by atomic mass is 16.6. The minimum absolute atomic E-state index is 0.127. The average Bonchev–Trinajstić information content (AvgIpc) is 1.62. The van der Waals surface area contributed by atoms with E-state index in [4.69, 9.17) is 5.90 Å². The smallest absolute Gasteiger partial charge is 0.0807 e. The summed E-state index contributed by atoms with van der Waals surface area (Å²) < 4.78 is 0. The van der Waals surface area contributed by atoms with E-state index in [1.54, 1.807) is 0 Å². The first kappa shape index (κ1) is 7.92. The van der Waals surface area contributed by atoms with Crippen LogP contribution >= 0.6 is 0 Å². The summed E-state index contributed by atoms with van der Waals surface area (Å²) in [5.41, 5.74) is 0.161. The third-order valence-electron chi connectivity index (χ3n) is 1.42. The molecule has 0 saturated carbocycles. The molecule has 0 bridgehead atoms. The molecule has 2 heteroatoms. The topological polar surface area (TPSA) is 35.2 Å². The van der Waals surface area contributed by atoms with E-state index in [0.717, 1.165) is 0 Å². The largest absolute Gasteiger partial charge is 0.301 e. The van der Waals surface area contributed by atoms with Gasteiger partial charge in [0.25, 0.3) is 0 Å². The van der Waals surface area contributed by atoms with E-state index in [0.29, 0.717) is 0 Å². The summed E-state index contributed by atoms with van der Waals surface area (Å²) in [5.74, 6) is 4.96. The molecule has 0 aliphatic carbocycles. The third-order valence-corrected chi connectivity index (χ3v) is 1.42. The summed E-state index contributed by atoms with van der Waals surface area (Å²) in [7, 11) is 0. The molecule has 8 heavy (non-hydrogen) atoms. The third kappa shape index (κ3) is 2.28. The van der Waals surface area contributed by atoms with E-state index in [2.05, 4.69) is 25.6 Å². The Morgan fingerprint density at radius 2 is 1.75 bits per heavy atom. The quantitative estimate of drug-likeness (QED) is 0.525. The van der Waals surface area contributed by atoms with Crippen LogP contribution in [-0.4, -0.2) is 6.10 Å². The number of hydrogen-bond acceptors (Lipinski definition) is 2. The van der Waals surface area contributed by atoms with Crippen LogP contribution in [-0.2, 0) is 4.84 Å². The Hall–Kier alpha value is -0.0800. The molecule has 2 N–H and O–H groups in total. The van der Waals surface area contributed by atoms with Crippen molar-refractivity contribution in [1.29, 1.82) is 0 Å². The van der Waals surface area contributed by atoms with Crippen LogP contribution in [0.4, 0.5) is 0 Å². The van der Waals surface area contributed by atoms with Gasteiger partial charge in [0.15, 0.2) is 0 Å². The number of nitrogens with two attached hydrogens (primary N) is 1. The van der Waals surface area contributed by atoms with Crippen molar-refractivity contribution in [1.82, 2.24) is 0 Å². The van der Waals surface area contributed by atoms with Gasteiger partial charge in [0.05, 0.1) is 6.10 Å². The lowest BCUT2D eigenvalue weighted by atomic mass is 9.90. The van der Waals surface area contributed by atoms with Crippen LogP contribution in [0.25, 0.3) is 0 Å². The Kier molecular flexibility index (Phi) is 2.44. The second-order valence-electron chi connectivity index (χ2n) is 3.14. The predicted molar refractivity (Wildman–Crippen MR) is 34.2 cm³/mol. The fourth-order valence-corrected chi connectivity index (χ4v) is 0.204. The molecule has 0 radical (unpaired) electrons. The average molecular weight is 117 g/mol. The summed E-state index contributed by atoms with van der Waals surface area (Å²) in [6.07, 6.45) is 0.127. The van der Waals surface area contributed by atoms with Gasteiger partial charge in [-0.3, -0.25) is 0 Å². The summed E-state index contributed by atoms with van der Waals surface area (Å²) in [5, 5.41) is 0. The highest BCUT2D eigenvalue weighted by Crippen LogP contribution is 2.19. The first-order chi connectivity index (χ1) is 3.48. The monoisotopic (exact) mass is 117 g/mol. The molecule has 0 fully saturated rings. The van der Waals surface area contributed by atoms with Gasteiger partial charge in [-0.1, -0.05) is 20.8 Å². The minimum atomic E-state index is 0.127. The highest BCUT2D eigenvalue weighted by molar-refractivity contribution is 4.68. The second kappa shape index (κ2) is 2.46. The molecule has 1 unspecified atom stereocenters. The van der Waals surface area contributed by atoms with Crippen molar-refractivity contribution in [3.63, 3.8) is 0 Å². The molecule has 0 aromatic heterocycles. The van der Waals surface area contributed by atoms with Gasteiger partial charge in [-0.15, -0.1) is 0 Å². The highest BCUT2D eigenvalue weighted by Gasteiger charge is 2.19. The molecule has 50 valence electrons. The van der Waals surface area contributed by atoms with Gasteiger partial charge in [-0.2, -0.15) is 0 Å². The van der Waals surface area contributed by atoms with Crippen LogP contribution in [0.5, 0.6) is 0 Å². The van der Waals surface area contributed by atoms with Crippen molar-refractivity contribution < 1.29 is 4.84 Å². The first-order valence-electron chi connectivity index (χ1n) is 2.84. The van der Waals surface area contributed by atoms with Gasteiger partial charge in [0, 0.05) is 0 Å². The van der Waals surface area contributed by atoms with Crippen LogP contribution in [0.2, 0.25) is 0 Å². The van der Waals surface area contributed by atoms with Gasteiger partial charge in [-0.25, -0.2) is 5.90 Å². The minimum Gasteiger partial charge on any atom is -0.301 e. The van der Waals surface area contributed by atoms with Crippen molar-refractivity contribution in [2.75, 3.05) is 0 Å². The van der Waals surface area contributed by atoms with Gasteiger partial charge < -0.3 is 4.84 Å². The fourth-order valence-electron chi connectivity index (χ4n) is 0.204. The molecule has 0 saturated heterocycles. The lowest BCUT2D eigenvalue weighted by Crippen LogP contribution is -2.28. The molecule has 2 nitrogen and oxygen atoms in total. The molecule has 0 aromatic carbocycles. The van der Waals surface area contributed by atoms with Gasteiger partial charge in [-0.05, 0) is 12.3 Å². The Balaban J connectivity index is 3.62. The lowest BCUT2D eigenvalue weighted by Gasteiger charge is -2.24. The summed E-state index contributed by atoms with van der Waals surface area (Å²) in [6, 6.07) is 0. The molecule has 0 aliphatic heterocycles. The Morgan fingerprint density at radius 1 is 1.38 bits per heavy atom. The van der Waals surface area contributed by atoms with E-state index in [1.165, 1.54) is 0 Å². The summed E-state index contributed by atoms with van der Waals surface area (Å²) in [4.78, 5) is 4.61. The second-order valence-corrected chi connectivity index (χ2v) is 3.14. The normalized spacial score (nSPS) is 16.1. The fraction of sp³-hybridized carbons (Fsp3) is 1.00. The molecule has 0 rings (SSSR count). The van der Waals surface area contributed by atoms with Crippen molar-refractivity contribution in [2.24, 2.45) is 11.3 Å². The zero-order valence-electron chi connectivity index (χ0n) is 6.06. The van der Waals surface area contributed by atoms with Crippen LogP contribution in [0.15, 0.2) is 0 Å². The molecule has 0 aliphatic rings. The van der Waals surface area contributed by atoms with Gasteiger partial charge in [0.1, 0.15) is 0 Å². The molecule has 0 spiro atoms. The maximum absolute atomic E-state index is 4.96. The van der Waals surface area contributed by atoms with E-state index < -0.39 is 0 Å². The summed E-state index contributed by atoms with van der Waals surface area (Å²) in [6.45, 7) is 8.22. The number of rotatable bonds is 1. The Labute approximate surface area is 51.0 Å². The van der Waals surface area contributed by atoms with Crippen molar-refractivity contribution in [3.05, 3.63) is 0 Å². The maximum atomic E-state index is 4.96. The van der Waals surface area contributed by atoms with E-state index in [9.17, 15) is 0 Å².